The maximum Gasteiger partial charge on any atom is 0.337 e. The van der Waals surface area contributed by atoms with Crippen molar-refractivity contribution in [1.82, 2.24) is 4.90 Å². The van der Waals surface area contributed by atoms with E-state index in [1.807, 2.05) is 30.3 Å². The number of anilines is 1. The molecule has 0 bridgehead atoms. The molecule has 0 aliphatic carbocycles. The predicted molar refractivity (Wildman–Crippen MR) is 103 cm³/mol. The Kier molecular flexibility index (Phi) is 4.34. The minimum Gasteiger partial charge on any atom is -0.465 e. The average Bonchev–Trinajstić information content (AvgIpc) is 2.67. The zero-order valence-electron chi connectivity index (χ0n) is 14.2. The van der Waals surface area contributed by atoms with Crippen LogP contribution in [0.15, 0.2) is 52.4 Å². The molecule has 132 valence electrons. The molecule has 2 aliphatic heterocycles. The average molecular weight is 369 g/mol. The maximum absolute atomic E-state index is 11.9. The van der Waals surface area contributed by atoms with Crippen LogP contribution in [0.1, 0.15) is 22.3 Å². The first-order chi connectivity index (χ1) is 12.7. The summed E-state index contributed by atoms with van der Waals surface area (Å²) in [7, 11) is 1.37. The minimum absolute atomic E-state index is 0.389. The third-order valence-corrected chi connectivity index (χ3v) is 4.51. The highest BCUT2D eigenvalue weighted by Gasteiger charge is 2.29. The second-order valence-corrected chi connectivity index (χ2v) is 6.44. The lowest BCUT2D eigenvalue weighted by Gasteiger charge is -2.34. The fourth-order valence-corrected chi connectivity index (χ4v) is 3.26. The van der Waals surface area contributed by atoms with Crippen molar-refractivity contribution in [3.8, 4) is 0 Å². The number of methoxy groups -OCH3 is 1. The van der Waals surface area contributed by atoms with Gasteiger partial charge in [-0.15, -0.1) is 0 Å². The van der Waals surface area contributed by atoms with Crippen LogP contribution < -0.4 is 5.32 Å². The van der Waals surface area contributed by atoms with Crippen molar-refractivity contribution in [1.29, 1.82) is 0 Å². The molecule has 0 atom stereocenters. The van der Waals surface area contributed by atoms with Gasteiger partial charge in [0.1, 0.15) is 5.84 Å². The summed E-state index contributed by atoms with van der Waals surface area (Å²) in [6, 6.07) is 12.8. The summed E-state index contributed by atoms with van der Waals surface area (Å²) in [6.45, 7) is 1.60. The van der Waals surface area contributed by atoms with Crippen molar-refractivity contribution >= 4 is 40.7 Å². The number of halogens is 1. The van der Waals surface area contributed by atoms with Crippen LogP contribution in [0, 0.1) is 0 Å². The first-order valence-corrected chi connectivity index (χ1v) is 8.69. The first-order valence-electron chi connectivity index (χ1n) is 8.32. The summed E-state index contributed by atoms with van der Waals surface area (Å²) < 4.78 is 4.81. The molecule has 0 spiro atoms. The minimum atomic E-state index is -0.389. The molecule has 0 amide bonds. The number of ether oxygens (including phenoxy) is 1. The van der Waals surface area contributed by atoms with Crippen LogP contribution in [0.4, 0.5) is 11.4 Å². The molecule has 2 aromatic carbocycles. The van der Waals surface area contributed by atoms with Gasteiger partial charge in [0.2, 0.25) is 5.96 Å². The molecule has 0 saturated heterocycles. The Morgan fingerprint density at radius 2 is 2.15 bits per heavy atom. The Labute approximate surface area is 156 Å². The summed E-state index contributed by atoms with van der Waals surface area (Å²) in [6.07, 6.45) is 0.954. The van der Waals surface area contributed by atoms with Gasteiger partial charge in [0, 0.05) is 29.4 Å². The summed E-state index contributed by atoms with van der Waals surface area (Å²) in [5, 5.41) is 3.96. The lowest BCUT2D eigenvalue weighted by Crippen LogP contribution is -2.46. The van der Waals surface area contributed by atoms with E-state index in [2.05, 4.69) is 15.2 Å². The van der Waals surface area contributed by atoms with E-state index in [1.54, 1.807) is 12.1 Å². The van der Waals surface area contributed by atoms with Crippen molar-refractivity contribution in [3.63, 3.8) is 0 Å². The number of guanidine groups is 1. The standard InChI is InChI=1S/C19H17ClN4O2/c1-26-18(25)12-6-7-15-16(10-12)23-19(24-9-3-8-21-17(15)24)22-14-5-2-4-13(20)11-14/h2,4-7,10-11H,3,8-9H2,1H3,(H,22,23). The van der Waals surface area contributed by atoms with E-state index < -0.39 is 0 Å². The monoisotopic (exact) mass is 368 g/mol. The zero-order valence-corrected chi connectivity index (χ0v) is 15.0. The maximum atomic E-state index is 11.9. The topological polar surface area (TPSA) is 66.3 Å². The molecular weight excluding hydrogens is 352 g/mol. The second kappa shape index (κ2) is 6.80. The van der Waals surface area contributed by atoms with Crippen molar-refractivity contribution < 1.29 is 9.53 Å². The van der Waals surface area contributed by atoms with Crippen LogP contribution >= 0.6 is 11.6 Å². The van der Waals surface area contributed by atoms with Crippen LogP contribution in [0.25, 0.3) is 0 Å². The van der Waals surface area contributed by atoms with E-state index in [1.165, 1.54) is 7.11 Å². The van der Waals surface area contributed by atoms with Gasteiger partial charge >= 0.3 is 5.97 Å². The quantitative estimate of drug-likeness (QED) is 0.821. The first kappa shape index (κ1) is 16.6. The molecule has 0 radical (unpaired) electrons. The number of nitrogens with one attached hydrogen (secondary N) is 1. The highest BCUT2D eigenvalue weighted by Crippen LogP contribution is 2.30. The van der Waals surface area contributed by atoms with E-state index in [0.29, 0.717) is 22.2 Å². The fourth-order valence-electron chi connectivity index (χ4n) is 3.07. The summed E-state index contributed by atoms with van der Waals surface area (Å²) in [5.41, 5.74) is 2.90. The summed E-state index contributed by atoms with van der Waals surface area (Å²) in [4.78, 5) is 23.3. The normalized spacial score (nSPS) is 15.4. The number of benzene rings is 2. The lowest BCUT2D eigenvalue weighted by molar-refractivity contribution is 0.0601. The zero-order chi connectivity index (χ0) is 18.1. The molecule has 0 aromatic heterocycles. The molecule has 2 aromatic rings. The van der Waals surface area contributed by atoms with Crippen molar-refractivity contribution in [2.75, 3.05) is 25.5 Å². The van der Waals surface area contributed by atoms with Gasteiger partial charge < -0.3 is 10.1 Å². The number of hydrogen-bond acceptors (Lipinski definition) is 6. The molecule has 1 N–H and O–H groups in total. The van der Waals surface area contributed by atoms with Gasteiger partial charge in [-0.2, -0.15) is 0 Å². The molecule has 6 nitrogen and oxygen atoms in total. The molecule has 2 heterocycles. The van der Waals surface area contributed by atoms with Gasteiger partial charge in [0.05, 0.1) is 18.4 Å². The third kappa shape index (κ3) is 3.04. The molecule has 7 heteroatoms. The SMILES string of the molecule is COC(=O)c1ccc2c(c1)N=C(Nc1cccc(Cl)c1)N1CCCN=C21. The van der Waals surface area contributed by atoms with E-state index in [0.717, 1.165) is 36.6 Å². The van der Waals surface area contributed by atoms with E-state index in [9.17, 15) is 4.79 Å². The van der Waals surface area contributed by atoms with Crippen LogP contribution in [-0.2, 0) is 4.74 Å². The van der Waals surface area contributed by atoms with Gasteiger partial charge in [-0.3, -0.25) is 9.89 Å². The van der Waals surface area contributed by atoms with Crippen molar-refractivity contribution in [2.45, 2.75) is 6.42 Å². The molecule has 4 rings (SSSR count). The van der Waals surface area contributed by atoms with Crippen LogP contribution in [0.3, 0.4) is 0 Å². The van der Waals surface area contributed by atoms with Crippen molar-refractivity contribution in [3.05, 3.63) is 58.6 Å². The van der Waals surface area contributed by atoms with Crippen LogP contribution in [-0.4, -0.2) is 42.9 Å². The number of esters is 1. The number of aliphatic imine (C=N–C) groups is 2. The van der Waals surface area contributed by atoms with Crippen LogP contribution in [0.2, 0.25) is 5.02 Å². The van der Waals surface area contributed by atoms with Crippen LogP contribution in [0.5, 0.6) is 0 Å². The van der Waals surface area contributed by atoms with Gasteiger partial charge in [-0.1, -0.05) is 17.7 Å². The molecular formula is C19H17ClN4O2. The van der Waals surface area contributed by atoms with E-state index >= 15 is 0 Å². The van der Waals surface area contributed by atoms with Gasteiger partial charge in [-0.05, 0) is 42.8 Å². The Morgan fingerprint density at radius 3 is 2.96 bits per heavy atom. The predicted octanol–water partition coefficient (Wildman–Crippen LogP) is 3.69. The number of carbonyl (C=O) groups excluding carboxylic acids is 1. The highest BCUT2D eigenvalue weighted by molar-refractivity contribution is 6.31. The third-order valence-electron chi connectivity index (χ3n) is 4.28. The van der Waals surface area contributed by atoms with Gasteiger partial charge in [0.25, 0.3) is 0 Å². The molecule has 0 saturated carbocycles. The lowest BCUT2D eigenvalue weighted by atomic mass is 10.0. The number of amidine groups is 1. The Balaban J connectivity index is 1.78. The fraction of sp³-hybridized carbons (Fsp3) is 0.211. The van der Waals surface area contributed by atoms with E-state index in [4.69, 9.17) is 21.3 Å². The van der Waals surface area contributed by atoms with Gasteiger partial charge in [-0.25, -0.2) is 9.79 Å². The number of hydrogen-bond donors (Lipinski definition) is 1. The molecule has 2 aliphatic rings. The highest BCUT2D eigenvalue weighted by atomic mass is 35.5. The number of carbonyl (C=O) groups is 1. The second-order valence-electron chi connectivity index (χ2n) is 6.00. The van der Waals surface area contributed by atoms with Gasteiger partial charge in [0.15, 0.2) is 0 Å². The molecule has 0 fully saturated rings. The Bertz CT molecular complexity index is 939. The smallest absolute Gasteiger partial charge is 0.337 e. The number of nitrogens with zero attached hydrogens (tertiary/aromatic N) is 3. The largest absolute Gasteiger partial charge is 0.465 e. The Morgan fingerprint density at radius 1 is 1.27 bits per heavy atom. The molecule has 26 heavy (non-hydrogen) atoms. The summed E-state index contributed by atoms with van der Waals surface area (Å²) >= 11 is 6.08. The summed E-state index contributed by atoms with van der Waals surface area (Å²) in [5.74, 6) is 1.14. The number of rotatable bonds is 2. The van der Waals surface area contributed by atoms with E-state index in [-0.39, 0.29) is 5.97 Å². The Hall–Kier alpha value is -2.86. The molecule has 0 unspecified atom stereocenters. The number of fused-ring (bicyclic) bond motifs is 3. The van der Waals surface area contributed by atoms with Crippen molar-refractivity contribution in [2.24, 2.45) is 9.98 Å².